The lowest BCUT2D eigenvalue weighted by Crippen LogP contribution is -3.00. The van der Waals surface area contributed by atoms with E-state index in [1.807, 2.05) is 121 Å². The molecule has 6 aliphatic heterocycles. The molecule has 6 aliphatic rings. The van der Waals surface area contributed by atoms with Crippen molar-refractivity contribution in [1.29, 1.82) is 0 Å². The van der Waals surface area contributed by atoms with Gasteiger partial charge >= 0.3 is 12.4 Å². The van der Waals surface area contributed by atoms with Crippen LogP contribution < -0.4 is 34.0 Å². The van der Waals surface area contributed by atoms with Crippen LogP contribution in [0.15, 0.2) is 170 Å². The average Bonchev–Trinajstić information content (AvgIpc) is 3.44. The summed E-state index contributed by atoms with van der Waals surface area (Å²) in [5, 5.41) is 24.8. The molecule has 6 aromatic rings. The molecule has 4 nitrogen and oxygen atoms in total. The second kappa shape index (κ2) is 25.7. The third kappa shape index (κ3) is 13.1. The molecule has 6 fully saturated rings. The van der Waals surface area contributed by atoms with E-state index in [-0.39, 0.29) is 44.8 Å². The molecule has 6 heterocycles. The van der Waals surface area contributed by atoms with Gasteiger partial charge in [-0.15, -0.1) is 0 Å². The summed E-state index contributed by atoms with van der Waals surface area (Å²) in [6.07, 6.45) is 5.17. The number of fused-ring (bicyclic) bond motifs is 6. The lowest BCUT2D eigenvalue weighted by Gasteiger charge is -2.60. The molecule has 0 aliphatic carbocycles. The minimum Gasteiger partial charge on any atom is -1.00 e. The van der Waals surface area contributed by atoms with E-state index in [1.165, 1.54) is 62.8 Å². The Morgan fingerprint density at radius 1 is 0.355 bits per heavy atom. The van der Waals surface area contributed by atoms with E-state index in [0.29, 0.717) is 0 Å². The number of aliphatic hydroxyl groups is 2. The highest BCUT2D eigenvalue weighted by Gasteiger charge is 2.61. The summed E-state index contributed by atoms with van der Waals surface area (Å²) in [5.74, 6) is 0. The zero-order valence-corrected chi connectivity index (χ0v) is 47.3. The van der Waals surface area contributed by atoms with Gasteiger partial charge in [-0.25, -0.2) is 0 Å². The fourth-order valence-corrected chi connectivity index (χ4v) is 13.2. The smallest absolute Gasteiger partial charge is 0.416 e. The number of benzene rings is 6. The standard InChI is InChI=1S/2C28H29F3NO.C8H18.2BrH/c2*29-28(30,31)25-13-11-22(12-14-25)21-32-18-15-26(16-19-32,17-20-32)27(33,23-7-3-1-4-8-23)24-9-5-2-6-10-24;1-3-5-7-8-6-4-2;;/h2*1-14,33H,15-21H2;3-8H2,1-2H3;2*1H/q2*+1;;;/p-2. The Hall–Kier alpha value is -4.30. The number of halogens is 8. The number of nitrogens with zero attached hydrogens (tertiary/aromatic N) is 2. The molecule has 0 atom stereocenters. The first-order valence-corrected chi connectivity index (χ1v) is 27.1. The Labute approximate surface area is 468 Å². The summed E-state index contributed by atoms with van der Waals surface area (Å²) in [7, 11) is 0. The molecule has 12 rings (SSSR count). The van der Waals surface area contributed by atoms with E-state index in [4.69, 9.17) is 0 Å². The van der Waals surface area contributed by atoms with Crippen LogP contribution in [-0.2, 0) is 36.6 Å². The van der Waals surface area contributed by atoms with Crippen molar-refractivity contribution in [2.45, 2.75) is 128 Å². The van der Waals surface area contributed by atoms with Crippen LogP contribution >= 0.6 is 0 Å². The Bertz CT molecular complexity index is 2360. The van der Waals surface area contributed by atoms with Crippen LogP contribution in [0.3, 0.4) is 0 Å². The monoisotopic (exact) mass is 1180 g/mol. The van der Waals surface area contributed by atoms with Gasteiger partial charge in [0, 0.05) is 60.5 Å². The molecule has 0 saturated carbocycles. The third-order valence-corrected chi connectivity index (χ3v) is 17.7. The molecular weight excluding hydrogens is 1100 g/mol. The first kappa shape index (κ1) is 60.9. The van der Waals surface area contributed by atoms with E-state index < -0.39 is 34.7 Å². The SMILES string of the molecule is CCCCCCCC.OC(c1ccccc1)(c1ccccc1)C12CC[N+](Cc3ccc(C(F)(F)F)cc3)(CC1)CC2.OC(c1ccccc1)(c1ccccc1)C12CC[N+](Cc3ccc(C(F)(F)F)cc3)(CC1)CC2.[Br-].[Br-]. The van der Waals surface area contributed by atoms with Gasteiger partial charge in [0.05, 0.1) is 50.4 Å². The van der Waals surface area contributed by atoms with Crippen molar-refractivity contribution in [3.8, 4) is 0 Å². The third-order valence-electron chi connectivity index (χ3n) is 17.7. The normalized spacial score (nSPS) is 22.9. The van der Waals surface area contributed by atoms with E-state index in [0.717, 1.165) is 133 Å². The van der Waals surface area contributed by atoms with Crippen LogP contribution in [0.5, 0.6) is 0 Å². The largest absolute Gasteiger partial charge is 1.00 e. The summed E-state index contributed by atoms with van der Waals surface area (Å²) < 4.78 is 79.4. The van der Waals surface area contributed by atoms with Crippen molar-refractivity contribution in [1.82, 2.24) is 0 Å². The summed E-state index contributed by atoms with van der Waals surface area (Å²) in [6.45, 7) is 11.5. The molecule has 0 spiro atoms. The van der Waals surface area contributed by atoms with Crippen LogP contribution in [0.2, 0.25) is 0 Å². The summed E-state index contributed by atoms with van der Waals surface area (Å²) in [5.41, 5.74) is 1.77. The minimum atomic E-state index is -4.31. The van der Waals surface area contributed by atoms with Crippen LogP contribution in [0, 0.1) is 10.8 Å². The molecule has 2 N–H and O–H groups in total. The quantitative estimate of drug-likeness (QED) is 0.0612. The molecule has 4 bridgehead atoms. The van der Waals surface area contributed by atoms with Crippen LogP contribution in [0.4, 0.5) is 26.3 Å². The molecule has 76 heavy (non-hydrogen) atoms. The Balaban J connectivity index is 0.000000211. The molecule has 6 aromatic carbocycles. The number of quaternary nitrogens is 2. The lowest BCUT2D eigenvalue weighted by molar-refractivity contribution is -0.958. The molecule has 0 unspecified atom stereocenters. The van der Waals surface area contributed by atoms with E-state index in [9.17, 15) is 36.6 Å². The van der Waals surface area contributed by atoms with Gasteiger partial charge in [0.2, 0.25) is 0 Å². The van der Waals surface area contributed by atoms with Crippen LogP contribution in [0.1, 0.15) is 135 Å². The molecule has 0 radical (unpaired) electrons. The molecular formula is C64H76Br2F6N2O2. The van der Waals surface area contributed by atoms with Crippen LogP contribution in [0.25, 0.3) is 0 Å². The van der Waals surface area contributed by atoms with Crippen molar-refractivity contribution >= 4 is 0 Å². The molecule has 0 aromatic heterocycles. The summed E-state index contributed by atoms with van der Waals surface area (Å²) in [4.78, 5) is 0. The number of alkyl halides is 6. The zero-order chi connectivity index (χ0) is 52.6. The van der Waals surface area contributed by atoms with Crippen molar-refractivity contribution in [3.05, 3.63) is 214 Å². The van der Waals surface area contributed by atoms with Gasteiger partial charge in [-0.3, -0.25) is 0 Å². The lowest BCUT2D eigenvalue weighted by atomic mass is 9.56. The highest BCUT2D eigenvalue weighted by molar-refractivity contribution is 5.41. The fraction of sp³-hybridized carbons (Fsp3) is 0.438. The van der Waals surface area contributed by atoms with Crippen molar-refractivity contribution in [3.63, 3.8) is 0 Å². The van der Waals surface area contributed by atoms with E-state index in [1.54, 1.807) is 24.3 Å². The van der Waals surface area contributed by atoms with Crippen molar-refractivity contribution < 1.29 is 79.5 Å². The maximum atomic E-state index is 12.9. The summed E-state index contributed by atoms with van der Waals surface area (Å²) >= 11 is 0. The molecule has 12 heteroatoms. The first-order valence-electron chi connectivity index (χ1n) is 27.1. The highest BCUT2D eigenvalue weighted by atomic mass is 79.9. The second-order valence-corrected chi connectivity index (χ2v) is 22.1. The number of unbranched alkanes of at least 4 members (excludes halogenated alkanes) is 5. The van der Waals surface area contributed by atoms with Gasteiger partial charge in [-0.2, -0.15) is 26.3 Å². The Morgan fingerprint density at radius 3 is 0.803 bits per heavy atom. The minimum absolute atomic E-state index is 0. The zero-order valence-electron chi connectivity index (χ0n) is 44.1. The Morgan fingerprint density at radius 2 is 0.592 bits per heavy atom. The van der Waals surface area contributed by atoms with Crippen LogP contribution in [-0.4, -0.2) is 58.4 Å². The van der Waals surface area contributed by atoms with Gasteiger partial charge in [-0.1, -0.05) is 198 Å². The van der Waals surface area contributed by atoms with Gasteiger partial charge < -0.3 is 53.1 Å². The predicted octanol–water partition coefficient (Wildman–Crippen LogP) is 9.66. The molecule has 410 valence electrons. The van der Waals surface area contributed by atoms with Gasteiger partial charge in [0.25, 0.3) is 0 Å². The number of piperidine rings is 6. The molecule has 6 saturated heterocycles. The maximum absolute atomic E-state index is 12.9. The number of hydrogen-bond donors (Lipinski definition) is 2. The second-order valence-electron chi connectivity index (χ2n) is 22.1. The topological polar surface area (TPSA) is 40.5 Å². The maximum Gasteiger partial charge on any atom is 0.416 e. The number of hydrogen-bond acceptors (Lipinski definition) is 2. The molecule has 0 amide bonds. The predicted molar refractivity (Wildman–Crippen MR) is 283 cm³/mol. The van der Waals surface area contributed by atoms with E-state index in [2.05, 4.69) is 13.8 Å². The Kier molecular flexibility index (Phi) is 20.6. The average molecular weight is 1180 g/mol. The first-order chi connectivity index (χ1) is 35.4. The fourth-order valence-electron chi connectivity index (χ4n) is 13.2. The van der Waals surface area contributed by atoms with Crippen molar-refractivity contribution in [2.24, 2.45) is 10.8 Å². The van der Waals surface area contributed by atoms with Gasteiger partial charge in [0.1, 0.15) is 24.3 Å². The highest BCUT2D eigenvalue weighted by Crippen LogP contribution is 2.59. The van der Waals surface area contributed by atoms with Crippen molar-refractivity contribution in [2.75, 3.05) is 39.3 Å². The van der Waals surface area contributed by atoms with Gasteiger partial charge in [0.15, 0.2) is 0 Å². The summed E-state index contributed by atoms with van der Waals surface area (Å²) in [6, 6.07) is 51.2. The van der Waals surface area contributed by atoms with E-state index >= 15 is 0 Å². The number of rotatable bonds is 15. The van der Waals surface area contributed by atoms with Gasteiger partial charge in [-0.05, 0) is 46.5 Å².